The molecule has 3 aromatic rings. The van der Waals surface area contributed by atoms with Crippen LogP contribution in [0.5, 0.6) is 11.5 Å². The molecule has 0 radical (unpaired) electrons. The molecule has 1 aliphatic heterocycles. The molecule has 2 aromatic carbocycles. The van der Waals surface area contributed by atoms with Crippen molar-refractivity contribution in [3.63, 3.8) is 0 Å². The summed E-state index contributed by atoms with van der Waals surface area (Å²) in [6, 6.07) is 15.7. The average Bonchev–Trinajstić information content (AvgIpc) is 2.94. The highest BCUT2D eigenvalue weighted by Crippen LogP contribution is 2.35. The second-order valence-corrected chi connectivity index (χ2v) is 10.4. The largest absolute Gasteiger partial charge is 0.497 e. The number of hydrogen-bond acceptors (Lipinski definition) is 6. The summed E-state index contributed by atoms with van der Waals surface area (Å²) >= 11 is 0. The third kappa shape index (κ3) is 7.23. The number of carboxylic acid groups (broad SMARTS) is 1. The van der Waals surface area contributed by atoms with Crippen LogP contribution >= 0.6 is 0 Å². The van der Waals surface area contributed by atoms with Crippen LogP contribution in [0.2, 0.25) is 0 Å². The van der Waals surface area contributed by atoms with Gasteiger partial charge in [-0.1, -0.05) is 18.2 Å². The number of methoxy groups -OCH3 is 2. The zero-order valence-corrected chi connectivity index (χ0v) is 22.5. The van der Waals surface area contributed by atoms with Crippen molar-refractivity contribution in [1.82, 2.24) is 9.88 Å². The van der Waals surface area contributed by atoms with Crippen molar-refractivity contribution in [3.8, 4) is 11.5 Å². The van der Waals surface area contributed by atoms with Crippen LogP contribution in [0.1, 0.15) is 55.8 Å². The van der Waals surface area contributed by atoms with Crippen molar-refractivity contribution in [2.24, 2.45) is 11.8 Å². The zero-order valence-electron chi connectivity index (χ0n) is 22.5. The number of aliphatic carboxylic acids is 1. The predicted octanol–water partition coefficient (Wildman–Crippen LogP) is 5.50. The molecule has 0 unspecified atom stereocenters. The van der Waals surface area contributed by atoms with Crippen molar-refractivity contribution >= 4 is 16.9 Å². The summed E-state index contributed by atoms with van der Waals surface area (Å²) in [5.74, 6) is 1.31. The van der Waals surface area contributed by atoms with Crippen LogP contribution < -0.4 is 9.47 Å². The van der Waals surface area contributed by atoms with Gasteiger partial charge >= 0.3 is 5.97 Å². The van der Waals surface area contributed by atoms with Crippen LogP contribution in [0.4, 0.5) is 0 Å². The molecular formula is C31H40N2O5. The fourth-order valence-corrected chi connectivity index (χ4v) is 5.85. The molecule has 7 nitrogen and oxygen atoms in total. The Morgan fingerprint density at radius 1 is 1.11 bits per heavy atom. The Morgan fingerprint density at radius 3 is 2.74 bits per heavy atom. The maximum absolute atomic E-state index is 11.7. The highest BCUT2D eigenvalue weighted by Gasteiger charge is 2.31. The third-order valence-electron chi connectivity index (χ3n) is 7.93. The van der Waals surface area contributed by atoms with Crippen LogP contribution in [-0.2, 0) is 11.2 Å². The third-order valence-corrected chi connectivity index (χ3v) is 7.93. The Balaban J connectivity index is 1.31. The standard InChI is InChI=1S/C31H40N2O5/c1-37-25-11-12-28-27(20-25)26(14-16-32-28)29(34)13-10-22-15-18-33(21-24(22)19-31(35)36)17-6-5-8-23-7-3-4-9-30(23)38-2/h3-4,7,9,11-12,14,16,20,22,24,29,34H,5-6,8,10,13,15,17-19,21H2,1-2H3,(H,35,36)/t22-,24+,29-/m1/s1. The summed E-state index contributed by atoms with van der Waals surface area (Å²) in [6.45, 7) is 2.75. The number of likely N-dealkylation sites (tertiary alicyclic amines) is 1. The number of piperidine rings is 1. The number of nitrogens with zero attached hydrogens (tertiary/aromatic N) is 2. The first-order valence-corrected chi connectivity index (χ1v) is 13.6. The summed E-state index contributed by atoms with van der Waals surface area (Å²) in [7, 11) is 3.34. The van der Waals surface area contributed by atoms with Gasteiger partial charge in [-0.25, -0.2) is 0 Å². The molecule has 0 bridgehead atoms. The number of benzene rings is 2. The number of carboxylic acids is 1. The lowest BCUT2D eigenvalue weighted by molar-refractivity contribution is -0.139. The molecule has 0 amide bonds. The molecule has 1 fully saturated rings. The van der Waals surface area contributed by atoms with Crippen LogP contribution in [0, 0.1) is 11.8 Å². The normalized spacial score (nSPS) is 18.8. The van der Waals surface area contributed by atoms with Crippen molar-refractivity contribution < 1.29 is 24.5 Å². The lowest BCUT2D eigenvalue weighted by Gasteiger charge is -2.38. The molecule has 4 rings (SSSR count). The van der Waals surface area contributed by atoms with Gasteiger partial charge in [0.25, 0.3) is 0 Å². The molecular weight excluding hydrogens is 480 g/mol. The van der Waals surface area contributed by atoms with E-state index in [9.17, 15) is 15.0 Å². The van der Waals surface area contributed by atoms with Gasteiger partial charge in [-0.15, -0.1) is 0 Å². The number of rotatable bonds is 13. The van der Waals surface area contributed by atoms with Crippen LogP contribution in [0.3, 0.4) is 0 Å². The van der Waals surface area contributed by atoms with Crippen LogP contribution in [0.15, 0.2) is 54.7 Å². The Labute approximate surface area is 225 Å². The number of unbranched alkanes of at least 4 members (excludes halogenated alkanes) is 1. The number of pyridine rings is 1. The van der Waals surface area contributed by atoms with Crippen molar-refractivity contribution in [2.75, 3.05) is 33.9 Å². The Bertz CT molecular complexity index is 1200. The minimum atomic E-state index is -0.745. The van der Waals surface area contributed by atoms with Gasteiger partial charge in [0.05, 0.1) is 25.8 Å². The van der Waals surface area contributed by atoms with E-state index in [4.69, 9.17) is 9.47 Å². The molecule has 0 spiro atoms. The van der Waals surface area contributed by atoms with E-state index in [2.05, 4.69) is 16.0 Å². The first-order chi connectivity index (χ1) is 18.5. The topological polar surface area (TPSA) is 92.1 Å². The van der Waals surface area contributed by atoms with E-state index < -0.39 is 12.1 Å². The molecule has 38 heavy (non-hydrogen) atoms. The van der Waals surface area contributed by atoms with E-state index in [1.54, 1.807) is 20.4 Å². The molecule has 1 aromatic heterocycles. The van der Waals surface area contributed by atoms with E-state index >= 15 is 0 Å². The Hall–Kier alpha value is -3.16. The molecule has 0 saturated carbocycles. The summed E-state index contributed by atoms with van der Waals surface area (Å²) in [6.07, 6.45) is 6.74. The van der Waals surface area contributed by atoms with E-state index in [0.29, 0.717) is 6.42 Å². The van der Waals surface area contributed by atoms with Crippen molar-refractivity contribution in [1.29, 1.82) is 0 Å². The smallest absolute Gasteiger partial charge is 0.303 e. The van der Waals surface area contributed by atoms with Crippen LogP contribution in [-0.4, -0.2) is 59.9 Å². The second-order valence-electron chi connectivity index (χ2n) is 10.4. The minimum Gasteiger partial charge on any atom is -0.497 e. The summed E-state index contributed by atoms with van der Waals surface area (Å²) in [5.41, 5.74) is 2.90. The number of para-hydroxylation sites is 1. The molecule has 2 heterocycles. The fraction of sp³-hybridized carbons (Fsp3) is 0.484. The minimum absolute atomic E-state index is 0.0944. The maximum atomic E-state index is 11.7. The highest BCUT2D eigenvalue weighted by molar-refractivity contribution is 5.83. The van der Waals surface area contributed by atoms with Gasteiger partial charge in [-0.2, -0.15) is 0 Å². The van der Waals surface area contributed by atoms with Gasteiger partial charge in [0.15, 0.2) is 0 Å². The fourth-order valence-electron chi connectivity index (χ4n) is 5.85. The first kappa shape index (κ1) is 27.9. The summed E-state index contributed by atoms with van der Waals surface area (Å²) in [4.78, 5) is 18.5. The number of aryl methyl sites for hydroxylation is 1. The number of carbonyl (C=O) groups is 1. The van der Waals surface area contributed by atoms with Gasteiger partial charge in [0, 0.05) is 24.5 Å². The van der Waals surface area contributed by atoms with E-state index in [1.165, 1.54) is 5.56 Å². The number of fused-ring (bicyclic) bond motifs is 1. The van der Waals surface area contributed by atoms with Gasteiger partial charge in [-0.05, 0) is 105 Å². The number of aromatic nitrogens is 1. The van der Waals surface area contributed by atoms with Gasteiger partial charge < -0.3 is 24.6 Å². The molecule has 0 aliphatic carbocycles. The Kier molecular flexibility index (Phi) is 9.96. The molecule has 1 aliphatic rings. The molecule has 204 valence electrons. The lowest BCUT2D eigenvalue weighted by atomic mass is 9.79. The summed E-state index contributed by atoms with van der Waals surface area (Å²) in [5, 5.41) is 21.6. The average molecular weight is 521 g/mol. The van der Waals surface area contributed by atoms with Crippen LogP contribution in [0.25, 0.3) is 10.9 Å². The SMILES string of the molecule is COc1ccc2nccc([C@H](O)CC[C@@H]3CCN(CCCCc4ccccc4OC)C[C@@H]3CC(=O)O)c2c1. The van der Waals surface area contributed by atoms with Gasteiger partial charge in [0.2, 0.25) is 0 Å². The van der Waals surface area contributed by atoms with Gasteiger partial charge in [0.1, 0.15) is 11.5 Å². The number of aliphatic hydroxyl groups excluding tert-OH is 1. The molecule has 1 saturated heterocycles. The zero-order chi connectivity index (χ0) is 26.9. The maximum Gasteiger partial charge on any atom is 0.303 e. The molecule has 7 heteroatoms. The molecule has 2 N–H and O–H groups in total. The summed E-state index contributed by atoms with van der Waals surface area (Å²) < 4.78 is 10.8. The lowest BCUT2D eigenvalue weighted by Crippen LogP contribution is -2.41. The quantitative estimate of drug-likeness (QED) is 0.288. The number of ether oxygens (including phenoxy) is 2. The van der Waals surface area contributed by atoms with E-state index in [0.717, 1.165) is 79.7 Å². The predicted molar refractivity (Wildman–Crippen MR) is 149 cm³/mol. The van der Waals surface area contributed by atoms with Gasteiger partial charge in [-0.3, -0.25) is 9.78 Å². The van der Waals surface area contributed by atoms with E-state index in [1.807, 2.05) is 42.5 Å². The molecule has 3 atom stereocenters. The van der Waals surface area contributed by atoms with E-state index in [-0.39, 0.29) is 18.3 Å². The first-order valence-electron chi connectivity index (χ1n) is 13.6. The van der Waals surface area contributed by atoms with Crippen molar-refractivity contribution in [3.05, 3.63) is 65.9 Å². The van der Waals surface area contributed by atoms with Crippen molar-refractivity contribution in [2.45, 2.75) is 51.0 Å². The number of aliphatic hydroxyl groups is 1. The second kappa shape index (κ2) is 13.6. The Morgan fingerprint density at radius 2 is 1.95 bits per heavy atom. The highest BCUT2D eigenvalue weighted by atomic mass is 16.5. The number of hydrogen-bond donors (Lipinski definition) is 2. The monoisotopic (exact) mass is 520 g/mol.